The second-order valence-electron chi connectivity index (χ2n) is 8.28. The van der Waals surface area contributed by atoms with Gasteiger partial charge < -0.3 is 15.6 Å². The summed E-state index contributed by atoms with van der Waals surface area (Å²) < 4.78 is 16.3. The van der Waals surface area contributed by atoms with E-state index in [1.807, 2.05) is 45.2 Å². The summed E-state index contributed by atoms with van der Waals surface area (Å²) in [5, 5.41) is 4.17. The highest BCUT2D eigenvalue weighted by atomic mass is 19.1. The molecule has 7 heteroatoms. The van der Waals surface area contributed by atoms with Gasteiger partial charge in [0.25, 0.3) is 0 Å². The van der Waals surface area contributed by atoms with E-state index in [1.54, 1.807) is 36.7 Å². The Balaban J connectivity index is 1.84. The lowest BCUT2D eigenvalue weighted by atomic mass is 9.99. The molecule has 0 bridgehead atoms. The van der Waals surface area contributed by atoms with Crippen molar-refractivity contribution >= 4 is 22.4 Å². The molecule has 164 valence electrons. The molecule has 0 aliphatic rings. The molecule has 0 saturated heterocycles. The zero-order valence-corrected chi connectivity index (χ0v) is 18.8. The Morgan fingerprint density at radius 1 is 1.06 bits per heavy atom. The average molecular weight is 432 g/mol. The summed E-state index contributed by atoms with van der Waals surface area (Å²) in [5.74, 6) is 0.951. The number of benzene rings is 2. The number of hydrogen-bond donors (Lipinski definition) is 2. The van der Waals surface area contributed by atoms with Crippen LogP contribution in [0, 0.1) is 26.6 Å². The van der Waals surface area contributed by atoms with Gasteiger partial charge in [-0.25, -0.2) is 14.4 Å². The van der Waals surface area contributed by atoms with Crippen LogP contribution in [0.3, 0.4) is 0 Å². The lowest BCUT2D eigenvalue weighted by Gasteiger charge is -2.19. The molecule has 0 radical (unpaired) electrons. The largest absolute Gasteiger partial charge is 0.399 e. The first kappa shape index (κ1) is 21.5. The highest BCUT2D eigenvalue weighted by Gasteiger charge is 2.17. The van der Waals surface area contributed by atoms with Crippen molar-refractivity contribution in [3.63, 3.8) is 0 Å². The lowest BCUT2D eigenvalue weighted by Crippen LogP contribution is -2.14. The van der Waals surface area contributed by atoms with Crippen molar-refractivity contribution in [1.82, 2.24) is 14.5 Å². The highest BCUT2D eigenvalue weighted by Crippen LogP contribution is 2.32. The molecule has 0 unspecified atom stereocenters. The van der Waals surface area contributed by atoms with Gasteiger partial charge in [0.2, 0.25) is 5.56 Å². The number of anilines is 2. The predicted octanol–water partition coefficient (Wildman–Crippen LogP) is 4.82. The Morgan fingerprint density at radius 2 is 1.81 bits per heavy atom. The van der Waals surface area contributed by atoms with E-state index in [4.69, 9.17) is 5.73 Å². The van der Waals surface area contributed by atoms with E-state index in [-0.39, 0.29) is 17.4 Å². The second kappa shape index (κ2) is 8.07. The van der Waals surface area contributed by atoms with Crippen molar-refractivity contribution < 1.29 is 4.39 Å². The maximum Gasteiger partial charge on any atom is 0.250 e. The number of nitrogen functional groups attached to an aromatic ring is 1. The maximum atomic E-state index is 14.8. The van der Waals surface area contributed by atoms with Crippen LogP contribution in [-0.2, 0) is 7.05 Å². The molecule has 4 aromatic rings. The Hall–Kier alpha value is -3.74. The summed E-state index contributed by atoms with van der Waals surface area (Å²) in [6, 6.07) is 10.3. The fourth-order valence-corrected chi connectivity index (χ4v) is 3.99. The van der Waals surface area contributed by atoms with Gasteiger partial charge in [0.05, 0.1) is 11.6 Å². The minimum Gasteiger partial charge on any atom is -0.399 e. The van der Waals surface area contributed by atoms with Crippen LogP contribution in [0.5, 0.6) is 0 Å². The summed E-state index contributed by atoms with van der Waals surface area (Å²) in [4.78, 5) is 21.0. The van der Waals surface area contributed by atoms with Gasteiger partial charge in [-0.2, -0.15) is 0 Å². The molecule has 2 heterocycles. The lowest BCUT2D eigenvalue weighted by molar-refractivity contribution is 0.592. The zero-order chi connectivity index (χ0) is 23.2. The van der Waals surface area contributed by atoms with Crippen LogP contribution in [0.25, 0.3) is 22.0 Å². The van der Waals surface area contributed by atoms with Gasteiger partial charge >= 0.3 is 0 Å². The van der Waals surface area contributed by atoms with Crippen molar-refractivity contribution in [3.05, 3.63) is 81.3 Å². The highest BCUT2D eigenvalue weighted by molar-refractivity contribution is 5.94. The molecule has 0 amide bonds. The van der Waals surface area contributed by atoms with Crippen LogP contribution in [0.1, 0.15) is 35.5 Å². The van der Waals surface area contributed by atoms with Gasteiger partial charge in [-0.1, -0.05) is 0 Å². The van der Waals surface area contributed by atoms with Crippen molar-refractivity contribution in [1.29, 1.82) is 0 Å². The third-order valence-electron chi connectivity index (χ3n) is 5.68. The van der Waals surface area contributed by atoms with E-state index in [1.165, 1.54) is 0 Å². The van der Waals surface area contributed by atoms with Gasteiger partial charge in [0.15, 0.2) is 0 Å². The topological polar surface area (TPSA) is 85.8 Å². The first-order chi connectivity index (χ1) is 15.1. The van der Waals surface area contributed by atoms with Crippen LogP contribution in [0.4, 0.5) is 15.9 Å². The number of pyridine rings is 1. The Morgan fingerprint density at radius 3 is 2.53 bits per heavy atom. The minimum atomic E-state index is -0.364. The molecule has 2 aromatic carbocycles. The van der Waals surface area contributed by atoms with E-state index in [2.05, 4.69) is 15.3 Å². The predicted molar refractivity (Wildman–Crippen MR) is 127 cm³/mol. The molecule has 6 nitrogen and oxygen atoms in total. The number of nitrogens with one attached hydrogen (secondary N) is 1. The second-order valence-corrected chi connectivity index (χ2v) is 8.28. The molecule has 4 rings (SSSR count). The van der Waals surface area contributed by atoms with Crippen LogP contribution >= 0.6 is 0 Å². The fraction of sp³-hybridized carbons (Fsp3) is 0.240. The SMILES string of the molecule is Cc1nc(N[C@H](C)c2cc(N)cc(C)c2F)c2cc(-c3ccc(=O)n(C)c3)c(C)cc2n1. The molecule has 1 atom stereocenters. The Kier molecular flexibility index (Phi) is 5.42. The van der Waals surface area contributed by atoms with Crippen molar-refractivity contribution in [2.24, 2.45) is 7.05 Å². The van der Waals surface area contributed by atoms with Gasteiger partial charge in [-0.3, -0.25) is 4.79 Å². The summed E-state index contributed by atoms with van der Waals surface area (Å²) >= 11 is 0. The third-order valence-corrected chi connectivity index (χ3v) is 5.68. The molecule has 3 N–H and O–H groups in total. The standard InChI is InChI=1S/C25H26FN5O/c1-13-9-22-21(11-19(13)17-6-7-23(32)31(5)12-17)25(30-16(4)29-22)28-15(3)20-10-18(27)8-14(2)24(20)26/h6-12,15H,27H2,1-5H3,(H,28,29,30)/t15-/m1/s1. The van der Waals surface area contributed by atoms with Gasteiger partial charge in [0, 0.05) is 35.9 Å². The smallest absolute Gasteiger partial charge is 0.250 e. The molecule has 2 aromatic heterocycles. The molecular formula is C25H26FN5O. The summed E-state index contributed by atoms with van der Waals surface area (Å²) in [6.07, 6.45) is 1.81. The average Bonchev–Trinajstić information content (AvgIpc) is 2.72. The molecule has 0 aliphatic carbocycles. The number of hydrogen-bond acceptors (Lipinski definition) is 5. The third kappa shape index (κ3) is 3.93. The van der Waals surface area contributed by atoms with Crippen molar-refractivity contribution in [3.8, 4) is 11.1 Å². The number of rotatable bonds is 4. The van der Waals surface area contributed by atoms with E-state index in [0.717, 1.165) is 27.6 Å². The van der Waals surface area contributed by atoms with Gasteiger partial charge in [0.1, 0.15) is 17.5 Å². The number of aryl methyl sites for hydroxylation is 4. The number of nitrogens with two attached hydrogens (primary N) is 1. The summed E-state index contributed by atoms with van der Waals surface area (Å²) in [6.45, 7) is 7.42. The van der Waals surface area contributed by atoms with E-state index in [9.17, 15) is 9.18 Å². The Labute approximate surface area is 186 Å². The molecule has 0 fully saturated rings. The molecule has 0 aliphatic heterocycles. The van der Waals surface area contributed by atoms with Crippen LogP contribution in [-0.4, -0.2) is 14.5 Å². The van der Waals surface area contributed by atoms with E-state index >= 15 is 0 Å². The van der Waals surface area contributed by atoms with Gasteiger partial charge in [-0.05, 0) is 80.3 Å². The first-order valence-corrected chi connectivity index (χ1v) is 10.4. The molecular weight excluding hydrogens is 405 g/mol. The number of nitrogens with zero attached hydrogens (tertiary/aromatic N) is 3. The normalized spacial score (nSPS) is 12.2. The first-order valence-electron chi connectivity index (χ1n) is 10.4. The van der Waals surface area contributed by atoms with Crippen molar-refractivity contribution in [2.45, 2.75) is 33.7 Å². The van der Waals surface area contributed by atoms with E-state index in [0.29, 0.717) is 28.5 Å². The number of halogens is 1. The zero-order valence-electron chi connectivity index (χ0n) is 18.8. The van der Waals surface area contributed by atoms with E-state index < -0.39 is 0 Å². The summed E-state index contributed by atoms with van der Waals surface area (Å²) in [5.41, 5.74) is 11.1. The van der Waals surface area contributed by atoms with Crippen LogP contribution in [0.15, 0.2) is 47.4 Å². The number of aromatic nitrogens is 3. The number of fused-ring (bicyclic) bond motifs is 1. The minimum absolute atomic E-state index is 0.0678. The van der Waals surface area contributed by atoms with Crippen LogP contribution in [0.2, 0.25) is 0 Å². The molecule has 0 spiro atoms. The van der Waals surface area contributed by atoms with Gasteiger partial charge in [-0.15, -0.1) is 0 Å². The van der Waals surface area contributed by atoms with Crippen molar-refractivity contribution in [2.75, 3.05) is 11.1 Å². The molecule has 32 heavy (non-hydrogen) atoms. The Bertz CT molecular complexity index is 1410. The maximum absolute atomic E-state index is 14.8. The quantitative estimate of drug-likeness (QED) is 0.453. The summed E-state index contributed by atoms with van der Waals surface area (Å²) in [7, 11) is 1.73. The van der Waals surface area contributed by atoms with Crippen LogP contribution < -0.4 is 16.6 Å². The fourth-order valence-electron chi connectivity index (χ4n) is 3.99. The monoisotopic (exact) mass is 431 g/mol. The molecule has 0 saturated carbocycles.